The highest BCUT2D eigenvalue weighted by atomic mass is 32.2. The second kappa shape index (κ2) is 11.4. The maximum Gasteiger partial charge on any atom is 0.296 e. The van der Waals surface area contributed by atoms with E-state index >= 15 is 0 Å². The van der Waals surface area contributed by atoms with Crippen LogP contribution in [0.4, 0.5) is 23.5 Å². The van der Waals surface area contributed by atoms with Gasteiger partial charge in [-0.25, -0.2) is 13.1 Å². The van der Waals surface area contributed by atoms with Gasteiger partial charge in [-0.15, -0.1) is 0 Å². The number of hydrogen-bond donors (Lipinski definition) is 5. The molecule has 16 nitrogen and oxygen atoms in total. The van der Waals surface area contributed by atoms with E-state index < -0.39 is 45.7 Å². The van der Waals surface area contributed by atoms with E-state index in [2.05, 4.69) is 35.2 Å². The summed E-state index contributed by atoms with van der Waals surface area (Å²) in [6, 6.07) is 2.44. The van der Waals surface area contributed by atoms with E-state index in [4.69, 9.17) is 0 Å². The van der Waals surface area contributed by atoms with Gasteiger partial charge in [0.1, 0.15) is 4.90 Å². The molecule has 0 spiro atoms. The Labute approximate surface area is 215 Å². The van der Waals surface area contributed by atoms with Crippen molar-refractivity contribution in [2.24, 2.45) is 0 Å². The van der Waals surface area contributed by atoms with Crippen molar-refractivity contribution in [3.8, 4) is 0 Å². The summed E-state index contributed by atoms with van der Waals surface area (Å²) in [6.07, 6.45) is 1.01. The molecular weight excluding hydrogens is 552 g/mol. The molecule has 0 saturated carbocycles. The van der Waals surface area contributed by atoms with Crippen LogP contribution in [0.2, 0.25) is 0 Å². The summed E-state index contributed by atoms with van der Waals surface area (Å²) in [7, 11) is -12.9. The van der Waals surface area contributed by atoms with Crippen molar-refractivity contribution in [3.63, 3.8) is 0 Å². The number of piperazine rings is 1. The molecule has 0 radical (unpaired) electrons. The van der Waals surface area contributed by atoms with Gasteiger partial charge in [0, 0.05) is 39.3 Å². The van der Waals surface area contributed by atoms with Crippen LogP contribution < -0.4 is 20.3 Å². The van der Waals surface area contributed by atoms with E-state index in [-0.39, 0.29) is 30.9 Å². The Kier molecular flexibility index (Phi) is 8.88. The van der Waals surface area contributed by atoms with Gasteiger partial charge in [0.2, 0.25) is 27.9 Å². The highest BCUT2D eigenvalue weighted by Gasteiger charge is 2.23. The monoisotopic (exact) mass is 580 g/mol. The van der Waals surface area contributed by atoms with Crippen LogP contribution in [0, 0.1) is 0 Å². The Morgan fingerprint density at radius 1 is 0.892 bits per heavy atom. The fourth-order valence-electron chi connectivity index (χ4n) is 3.43. The van der Waals surface area contributed by atoms with Crippen molar-refractivity contribution >= 4 is 53.8 Å². The second-order valence-electron chi connectivity index (χ2n) is 8.03. The molecule has 0 amide bonds. The van der Waals surface area contributed by atoms with Gasteiger partial charge in [0.15, 0.2) is 0 Å². The van der Waals surface area contributed by atoms with Crippen molar-refractivity contribution in [3.05, 3.63) is 18.2 Å². The quantitative estimate of drug-likeness (QED) is 0.162. The number of aromatic nitrogens is 3. The minimum Gasteiger partial charge on any atom is -0.353 e. The van der Waals surface area contributed by atoms with Gasteiger partial charge in [-0.3, -0.25) is 9.11 Å². The molecule has 3 rings (SSSR count). The van der Waals surface area contributed by atoms with E-state index in [1.807, 2.05) is 11.8 Å². The zero-order chi connectivity index (χ0) is 27.4. The second-order valence-corrected chi connectivity index (χ2v) is 12.7. The lowest BCUT2D eigenvalue weighted by Crippen LogP contribution is -2.46. The van der Waals surface area contributed by atoms with Gasteiger partial charge in [-0.1, -0.05) is 6.92 Å². The fourth-order valence-corrected chi connectivity index (χ4v) is 5.04. The molecule has 0 bridgehead atoms. The number of sulfonamides is 1. The number of benzene rings is 1. The summed E-state index contributed by atoms with van der Waals surface area (Å²) in [6.45, 7) is 5.71. The number of likely N-dealkylation sites (N-methyl/N-ethyl adjacent to an activating group) is 1. The maximum absolute atomic E-state index is 11.9. The third-order valence-electron chi connectivity index (χ3n) is 5.27. The number of nitrogens with one attached hydrogen (secondary N) is 3. The summed E-state index contributed by atoms with van der Waals surface area (Å²) >= 11 is 0. The van der Waals surface area contributed by atoms with Crippen LogP contribution in [0.15, 0.2) is 28.0 Å². The van der Waals surface area contributed by atoms with Crippen molar-refractivity contribution in [1.82, 2.24) is 24.6 Å². The molecule has 206 valence electrons. The van der Waals surface area contributed by atoms with Gasteiger partial charge >= 0.3 is 0 Å². The third-order valence-corrected chi connectivity index (χ3v) is 7.76. The molecule has 19 heteroatoms. The number of hydrogen-bond acceptors (Lipinski definition) is 13. The topological polar surface area (TPSA) is 224 Å². The fraction of sp³-hybridized carbons (Fsp3) is 0.500. The summed E-state index contributed by atoms with van der Waals surface area (Å²) in [5.74, 6) is 0.0603. The van der Waals surface area contributed by atoms with Gasteiger partial charge in [-0.05, 0) is 24.7 Å². The van der Waals surface area contributed by atoms with Crippen LogP contribution >= 0.6 is 0 Å². The first-order valence-electron chi connectivity index (χ1n) is 10.9. The van der Waals surface area contributed by atoms with E-state index in [0.29, 0.717) is 13.1 Å². The van der Waals surface area contributed by atoms with Gasteiger partial charge in [0.05, 0.1) is 16.8 Å². The van der Waals surface area contributed by atoms with Crippen LogP contribution in [0.5, 0.6) is 0 Å². The Balaban J connectivity index is 1.97. The molecule has 0 unspecified atom stereocenters. The summed E-state index contributed by atoms with van der Waals surface area (Å²) in [4.78, 5) is 15.6. The normalized spacial score (nSPS) is 15.5. The first-order chi connectivity index (χ1) is 17.2. The van der Waals surface area contributed by atoms with Crippen LogP contribution in [0.3, 0.4) is 0 Å². The molecule has 2 heterocycles. The zero-order valence-corrected chi connectivity index (χ0v) is 22.4. The minimum atomic E-state index is -4.80. The molecule has 1 fully saturated rings. The molecule has 0 atom stereocenters. The number of rotatable bonds is 11. The Morgan fingerprint density at radius 2 is 1.54 bits per heavy atom. The molecule has 2 aromatic rings. The van der Waals surface area contributed by atoms with Crippen LogP contribution in [0.25, 0.3) is 0 Å². The molecular formula is C18H28N8O8S3. The van der Waals surface area contributed by atoms with Crippen molar-refractivity contribution in [2.75, 3.05) is 67.6 Å². The lowest BCUT2D eigenvalue weighted by Gasteiger charge is -2.34. The zero-order valence-electron chi connectivity index (χ0n) is 20.0. The third kappa shape index (κ3) is 8.42. The van der Waals surface area contributed by atoms with Crippen LogP contribution in [-0.4, -0.2) is 106 Å². The van der Waals surface area contributed by atoms with E-state index in [1.54, 1.807) is 0 Å². The smallest absolute Gasteiger partial charge is 0.296 e. The molecule has 1 aliphatic rings. The SMILES string of the molecule is CCN1CCN(c2nc(NCCNS(C)(=O)=O)nc(Nc3cc(S(=O)(=O)O)ccc3S(=O)(=O)O)n2)CC1. The standard InChI is InChI=1S/C18H28N8O8S3/c1-3-25-8-10-26(11-9-25)18-23-16(19-6-7-20-35(2,27)28)22-17(24-18)21-14-12-13(36(29,30)31)4-5-15(14)37(32,33)34/h4-5,12,20H,3,6-11H2,1-2H3,(H,29,30,31)(H,32,33,34)(H2,19,21,22,23,24). The van der Waals surface area contributed by atoms with Gasteiger partial charge < -0.3 is 20.4 Å². The highest BCUT2D eigenvalue weighted by Crippen LogP contribution is 2.28. The largest absolute Gasteiger partial charge is 0.353 e. The number of anilines is 4. The Bertz CT molecular complexity index is 1440. The van der Waals surface area contributed by atoms with Gasteiger partial charge in [0.25, 0.3) is 20.2 Å². The highest BCUT2D eigenvalue weighted by molar-refractivity contribution is 7.88. The molecule has 37 heavy (non-hydrogen) atoms. The number of nitrogens with zero attached hydrogens (tertiary/aromatic N) is 5. The van der Waals surface area contributed by atoms with E-state index in [0.717, 1.165) is 44.1 Å². The molecule has 1 aromatic carbocycles. The molecule has 1 aromatic heterocycles. The average molecular weight is 581 g/mol. The summed E-state index contributed by atoms with van der Waals surface area (Å²) in [5, 5.41) is 5.43. The first-order valence-corrected chi connectivity index (χ1v) is 15.7. The van der Waals surface area contributed by atoms with Crippen molar-refractivity contribution in [2.45, 2.75) is 16.7 Å². The minimum absolute atomic E-state index is 0.0278. The Hall–Kier alpha value is -2.68. The van der Waals surface area contributed by atoms with Crippen molar-refractivity contribution < 1.29 is 34.4 Å². The molecule has 1 aliphatic heterocycles. The van der Waals surface area contributed by atoms with Crippen molar-refractivity contribution in [1.29, 1.82) is 0 Å². The predicted octanol–water partition coefficient (Wildman–Crippen LogP) is -0.788. The molecule has 1 saturated heterocycles. The van der Waals surface area contributed by atoms with Crippen LogP contribution in [-0.2, 0) is 30.3 Å². The molecule has 5 N–H and O–H groups in total. The predicted molar refractivity (Wildman–Crippen MR) is 135 cm³/mol. The van der Waals surface area contributed by atoms with E-state index in [1.165, 1.54) is 0 Å². The average Bonchev–Trinajstić information content (AvgIpc) is 2.80. The van der Waals surface area contributed by atoms with Crippen LogP contribution in [0.1, 0.15) is 6.92 Å². The maximum atomic E-state index is 11.9. The van der Waals surface area contributed by atoms with E-state index in [9.17, 15) is 34.4 Å². The van der Waals surface area contributed by atoms with Gasteiger partial charge in [-0.2, -0.15) is 31.8 Å². The Morgan fingerprint density at radius 3 is 2.11 bits per heavy atom. The lowest BCUT2D eigenvalue weighted by atomic mass is 10.3. The molecule has 0 aliphatic carbocycles. The summed E-state index contributed by atoms with van der Waals surface area (Å²) < 4.78 is 90.8. The first kappa shape index (κ1) is 28.9. The summed E-state index contributed by atoms with van der Waals surface area (Å²) in [5.41, 5.74) is -0.407. The lowest BCUT2D eigenvalue weighted by molar-refractivity contribution is 0.270.